The van der Waals surface area contributed by atoms with Crippen LogP contribution in [0.3, 0.4) is 0 Å². The molecule has 0 saturated carbocycles. The Balaban J connectivity index is 2.27. The normalized spacial score (nSPS) is 10.4. The van der Waals surface area contributed by atoms with Crippen LogP contribution in [-0.4, -0.2) is 0 Å². The fraction of sp³-hybridized carbons (Fsp3) is 0.143. The highest BCUT2D eigenvalue weighted by Gasteiger charge is 2.04. The van der Waals surface area contributed by atoms with Crippen molar-refractivity contribution >= 4 is 0 Å². The van der Waals surface area contributed by atoms with Crippen LogP contribution < -0.4 is 0 Å². The molecular weight excluding hydrogens is 206 g/mol. The summed E-state index contributed by atoms with van der Waals surface area (Å²) >= 11 is 0. The van der Waals surface area contributed by atoms with Crippen molar-refractivity contribution in [2.75, 3.05) is 0 Å². The van der Waals surface area contributed by atoms with Crippen molar-refractivity contribution in [2.24, 2.45) is 0 Å². The third-order valence-corrected chi connectivity index (χ3v) is 2.49. The monoisotopic (exact) mass is 218 g/mol. The molecule has 0 bridgehead atoms. The average molecular weight is 218 g/mol. The summed E-state index contributed by atoms with van der Waals surface area (Å²) in [6.07, 6.45) is 0.494. The van der Waals surface area contributed by atoms with Crippen LogP contribution in [0.5, 0.6) is 0 Å². The molecule has 16 heavy (non-hydrogen) atoms. The molecule has 0 nitrogen and oxygen atoms in total. The fourth-order valence-electron chi connectivity index (χ4n) is 1.71. The smallest absolute Gasteiger partial charge is 0.129 e. The Bertz CT molecular complexity index is 504. The van der Waals surface area contributed by atoms with E-state index in [0.29, 0.717) is 12.0 Å². The highest BCUT2D eigenvalue weighted by Crippen LogP contribution is 2.15. The second-order valence-electron chi connectivity index (χ2n) is 3.90. The van der Waals surface area contributed by atoms with Gasteiger partial charge in [-0.3, -0.25) is 0 Å². The maximum atomic E-state index is 13.4. The Hall–Kier alpha value is -1.70. The molecule has 0 heterocycles. The predicted molar refractivity (Wildman–Crippen MR) is 60.3 cm³/mol. The molecule has 0 aliphatic heterocycles. The van der Waals surface area contributed by atoms with Gasteiger partial charge in [-0.05, 0) is 24.1 Å². The van der Waals surface area contributed by atoms with Gasteiger partial charge in [-0.1, -0.05) is 35.9 Å². The average Bonchev–Trinajstić information content (AvgIpc) is 2.22. The molecule has 2 aromatic rings. The minimum Gasteiger partial charge on any atom is -0.207 e. The topological polar surface area (TPSA) is 0 Å². The second kappa shape index (κ2) is 4.44. The van der Waals surface area contributed by atoms with Crippen LogP contribution in [-0.2, 0) is 6.42 Å². The molecule has 0 aromatic heterocycles. The van der Waals surface area contributed by atoms with E-state index in [2.05, 4.69) is 0 Å². The first kappa shape index (κ1) is 10.8. The van der Waals surface area contributed by atoms with Crippen LogP contribution in [0.25, 0.3) is 0 Å². The van der Waals surface area contributed by atoms with E-state index in [9.17, 15) is 8.78 Å². The van der Waals surface area contributed by atoms with E-state index in [1.54, 1.807) is 0 Å². The minimum atomic E-state index is -0.537. The van der Waals surface area contributed by atoms with Gasteiger partial charge < -0.3 is 0 Å². The van der Waals surface area contributed by atoms with Crippen molar-refractivity contribution in [3.8, 4) is 0 Å². The summed E-state index contributed by atoms with van der Waals surface area (Å²) < 4.78 is 26.1. The number of halogens is 2. The standard InChI is InChI=1S/C14H12F2/c1-10-3-2-4-11(7-10)8-12-5-6-13(15)9-14(12)16/h2-7,9H,8H2,1H3. The van der Waals surface area contributed by atoms with Crippen molar-refractivity contribution in [3.63, 3.8) is 0 Å². The van der Waals surface area contributed by atoms with E-state index in [1.165, 1.54) is 12.1 Å². The maximum Gasteiger partial charge on any atom is 0.129 e. The molecule has 0 spiro atoms. The van der Waals surface area contributed by atoms with Gasteiger partial charge in [0.2, 0.25) is 0 Å². The van der Waals surface area contributed by atoms with E-state index < -0.39 is 11.6 Å². The molecule has 0 saturated heterocycles. The maximum absolute atomic E-state index is 13.4. The van der Waals surface area contributed by atoms with Gasteiger partial charge in [0.25, 0.3) is 0 Å². The molecule has 0 fully saturated rings. The summed E-state index contributed by atoms with van der Waals surface area (Å²) in [7, 11) is 0. The lowest BCUT2D eigenvalue weighted by Crippen LogP contribution is -1.93. The second-order valence-corrected chi connectivity index (χ2v) is 3.90. The number of aryl methyl sites for hydroxylation is 1. The van der Waals surface area contributed by atoms with Crippen molar-refractivity contribution < 1.29 is 8.78 Å². The summed E-state index contributed by atoms with van der Waals surface area (Å²) in [6, 6.07) is 11.6. The highest BCUT2D eigenvalue weighted by molar-refractivity contribution is 5.29. The van der Waals surface area contributed by atoms with Crippen LogP contribution in [0, 0.1) is 18.6 Å². The van der Waals surface area contributed by atoms with Crippen molar-refractivity contribution in [1.82, 2.24) is 0 Å². The van der Waals surface area contributed by atoms with Crippen LogP contribution in [0.15, 0.2) is 42.5 Å². The first-order valence-corrected chi connectivity index (χ1v) is 5.14. The summed E-state index contributed by atoms with van der Waals surface area (Å²) in [5.41, 5.74) is 2.69. The van der Waals surface area contributed by atoms with Gasteiger partial charge in [0.05, 0.1) is 0 Å². The Labute approximate surface area is 93.5 Å². The zero-order chi connectivity index (χ0) is 11.5. The largest absolute Gasteiger partial charge is 0.207 e. The van der Waals surface area contributed by atoms with Crippen LogP contribution >= 0.6 is 0 Å². The summed E-state index contributed by atoms with van der Waals surface area (Å²) in [5.74, 6) is -1.02. The molecule has 82 valence electrons. The molecular formula is C14H12F2. The molecule has 0 unspecified atom stereocenters. The first-order chi connectivity index (χ1) is 7.65. The van der Waals surface area contributed by atoms with Gasteiger partial charge in [0, 0.05) is 12.5 Å². The fourth-order valence-corrected chi connectivity index (χ4v) is 1.71. The summed E-state index contributed by atoms with van der Waals surface area (Å²) in [5, 5.41) is 0. The zero-order valence-electron chi connectivity index (χ0n) is 9.00. The summed E-state index contributed by atoms with van der Waals surface area (Å²) in [4.78, 5) is 0. The number of hydrogen-bond acceptors (Lipinski definition) is 0. The first-order valence-electron chi connectivity index (χ1n) is 5.14. The predicted octanol–water partition coefficient (Wildman–Crippen LogP) is 3.86. The van der Waals surface area contributed by atoms with Gasteiger partial charge in [-0.25, -0.2) is 8.78 Å². The molecule has 2 heteroatoms. The van der Waals surface area contributed by atoms with Crippen molar-refractivity contribution in [1.29, 1.82) is 0 Å². The van der Waals surface area contributed by atoms with Gasteiger partial charge in [-0.2, -0.15) is 0 Å². The van der Waals surface area contributed by atoms with E-state index in [-0.39, 0.29) is 0 Å². The lowest BCUT2D eigenvalue weighted by Gasteiger charge is -2.04. The molecule has 2 rings (SSSR count). The number of hydrogen-bond donors (Lipinski definition) is 0. The highest BCUT2D eigenvalue weighted by atomic mass is 19.1. The van der Waals surface area contributed by atoms with Crippen LogP contribution in [0.2, 0.25) is 0 Å². The molecule has 0 amide bonds. The lowest BCUT2D eigenvalue weighted by molar-refractivity contribution is 0.574. The molecule has 0 atom stereocenters. The molecule has 0 radical (unpaired) electrons. The van der Waals surface area contributed by atoms with Gasteiger partial charge in [0.15, 0.2) is 0 Å². The molecule has 0 aliphatic rings. The van der Waals surface area contributed by atoms with Crippen molar-refractivity contribution in [3.05, 3.63) is 70.8 Å². The lowest BCUT2D eigenvalue weighted by atomic mass is 10.0. The van der Waals surface area contributed by atoms with E-state index in [0.717, 1.165) is 17.2 Å². The zero-order valence-corrected chi connectivity index (χ0v) is 9.00. The third-order valence-electron chi connectivity index (χ3n) is 2.49. The molecule has 2 aromatic carbocycles. The Morgan fingerprint density at radius 2 is 1.81 bits per heavy atom. The van der Waals surface area contributed by atoms with Crippen molar-refractivity contribution in [2.45, 2.75) is 13.3 Å². The van der Waals surface area contributed by atoms with Crippen LogP contribution in [0.1, 0.15) is 16.7 Å². The summed E-state index contributed by atoms with van der Waals surface area (Å²) in [6.45, 7) is 1.99. The van der Waals surface area contributed by atoms with Gasteiger partial charge >= 0.3 is 0 Å². The van der Waals surface area contributed by atoms with E-state index in [4.69, 9.17) is 0 Å². The Morgan fingerprint density at radius 3 is 2.50 bits per heavy atom. The van der Waals surface area contributed by atoms with E-state index in [1.807, 2.05) is 31.2 Å². The van der Waals surface area contributed by atoms with Gasteiger partial charge in [-0.15, -0.1) is 0 Å². The Kier molecular flexibility index (Phi) is 3.00. The van der Waals surface area contributed by atoms with Gasteiger partial charge in [0.1, 0.15) is 11.6 Å². The molecule has 0 aliphatic carbocycles. The minimum absolute atomic E-state index is 0.485. The Morgan fingerprint density at radius 1 is 1.00 bits per heavy atom. The number of benzene rings is 2. The van der Waals surface area contributed by atoms with E-state index >= 15 is 0 Å². The quantitative estimate of drug-likeness (QED) is 0.718. The van der Waals surface area contributed by atoms with Crippen LogP contribution in [0.4, 0.5) is 8.78 Å². The third kappa shape index (κ3) is 2.45. The molecule has 0 N–H and O–H groups in total. The SMILES string of the molecule is Cc1cccc(Cc2ccc(F)cc2F)c1. The number of rotatable bonds is 2.